The lowest BCUT2D eigenvalue weighted by Crippen LogP contribution is -1.78. The molecule has 77 valence electrons. The highest BCUT2D eigenvalue weighted by atomic mass is 14.9. The number of benzene rings is 2. The Hall–Kier alpha value is -2.09. The minimum absolute atomic E-state index is 0.895. The van der Waals surface area contributed by atoms with Crippen molar-refractivity contribution >= 4 is 11.0 Å². The number of nitrogens with one attached hydrogen (secondary N) is 1. The smallest absolute Gasteiger partial charge is 0.138 e. The summed E-state index contributed by atoms with van der Waals surface area (Å²) in [6.07, 6.45) is 0. The molecule has 0 saturated heterocycles. The second kappa shape index (κ2) is 3.49. The maximum atomic E-state index is 4.56. The number of H-pyrrole nitrogens is 1. The van der Waals surface area contributed by atoms with Crippen molar-refractivity contribution in [1.82, 2.24) is 9.97 Å². The third kappa shape index (κ3) is 1.39. The average Bonchev–Trinajstić information content (AvgIpc) is 2.76. The number of fused-ring (bicyclic) bond motifs is 1. The summed E-state index contributed by atoms with van der Waals surface area (Å²) < 4.78 is 0. The fourth-order valence-electron chi connectivity index (χ4n) is 1.82. The topological polar surface area (TPSA) is 28.7 Å². The molecule has 0 unspecified atom stereocenters. The summed E-state index contributed by atoms with van der Waals surface area (Å²) in [5.74, 6) is 0.895. The van der Waals surface area contributed by atoms with Crippen LogP contribution in [-0.4, -0.2) is 9.97 Å². The normalized spacial score (nSPS) is 10.8. The van der Waals surface area contributed by atoms with Crippen LogP contribution < -0.4 is 0 Å². The molecule has 0 aliphatic rings. The molecule has 2 nitrogen and oxygen atoms in total. The van der Waals surface area contributed by atoms with E-state index in [-0.39, 0.29) is 0 Å². The van der Waals surface area contributed by atoms with Crippen LogP contribution >= 0.6 is 0 Å². The predicted molar refractivity (Wildman–Crippen MR) is 66.0 cm³/mol. The van der Waals surface area contributed by atoms with Crippen molar-refractivity contribution in [3.05, 3.63) is 61.0 Å². The SMILES string of the molecule is [CH2]c1cccc2[nH]c(-c3ccccc3)nc12. The van der Waals surface area contributed by atoms with Crippen molar-refractivity contribution < 1.29 is 0 Å². The lowest BCUT2D eigenvalue weighted by molar-refractivity contribution is 1.33. The Labute approximate surface area is 94.0 Å². The number of nitrogens with zero attached hydrogens (tertiary/aromatic N) is 1. The molecule has 0 atom stereocenters. The lowest BCUT2D eigenvalue weighted by Gasteiger charge is -1.93. The van der Waals surface area contributed by atoms with Gasteiger partial charge < -0.3 is 4.98 Å². The molecule has 1 radical (unpaired) electrons. The van der Waals surface area contributed by atoms with Crippen molar-refractivity contribution in [3.63, 3.8) is 0 Å². The van der Waals surface area contributed by atoms with Crippen LogP contribution in [0, 0.1) is 6.92 Å². The highest BCUT2D eigenvalue weighted by Gasteiger charge is 2.05. The van der Waals surface area contributed by atoms with Crippen molar-refractivity contribution in [2.24, 2.45) is 0 Å². The average molecular weight is 207 g/mol. The molecule has 1 aromatic heterocycles. The molecule has 3 rings (SSSR count). The van der Waals surface area contributed by atoms with Crippen molar-refractivity contribution in [2.45, 2.75) is 0 Å². The fraction of sp³-hybridized carbons (Fsp3) is 0. The van der Waals surface area contributed by atoms with Gasteiger partial charge >= 0.3 is 0 Å². The molecular weight excluding hydrogens is 196 g/mol. The molecule has 1 heterocycles. The van der Waals surface area contributed by atoms with Crippen molar-refractivity contribution in [3.8, 4) is 11.4 Å². The third-order valence-electron chi connectivity index (χ3n) is 2.64. The van der Waals surface area contributed by atoms with Gasteiger partial charge in [0.1, 0.15) is 5.82 Å². The number of imidazole rings is 1. The monoisotopic (exact) mass is 207 g/mol. The lowest BCUT2D eigenvalue weighted by atomic mass is 10.2. The van der Waals surface area contributed by atoms with E-state index in [2.05, 4.69) is 16.9 Å². The molecule has 0 fully saturated rings. The van der Waals surface area contributed by atoms with Crippen LogP contribution in [0.25, 0.3) is 22.4 Å². The maximum Gasteiger partial charge on any atom is 0.138 e. The quantitative estimate of drug-likeness (QED) is 0.650. The Kier molecular flexibility index (Phi) is 2.00. The molecule has 1 N–H and O–H groups in total. The molecule has 0 aliphatic carbocycles. The van der Waals surface area contributed by atoms with Gasteiger partial charge in [-0.1, -0.05) is 42.5 Å². The van der Waals surface area contributed by atoms with Gasteiger partial charge in [-0.3, -0.25) is 0 Å². The second-order valence-corrected chi connectivity index (χ2v) is 3.76. The molecule has 0 saturated carbocycles. The largest absolute Gasteiger partial charge is 0.338 e. The number of para-hydroxylation sites is 1. The van der Waals surface area contributed by atoms with E-state index in [1.54, 1.807) is 0 Å². The van der Waals surface area contributed by atoms with E-state index < -0.39 is 0 Å². The van der Waals surface area contributed by atoms with Crippen LogP contribution in [0.4, 0.5) is 0 Å². The van der Waals surface area contributed by atoms with Crippen molar-refractivity contribution in [1.29, 1.82) is 0 Å². The van der Waals surface area contributed by atoms with Crippen LogP contribution in [0.1, 0.15) is 5.56 Å². The Morgan fingerprint density at radius 3 is 2.50 bits per heavy atom. The van der Waals surface area contributed by atoms with E-state index in [4.69, 9.17) is 0 Å². The highest BCUT2D eigenvalue weighted by Crippen LogP contribution is 2.21. The number of rotatable bonds is 1. The minimum Gasteiger partial charge on any atom is -0.338 e. The van der Waals surface area contributed by atoms with Gasteiger partial charge in [0.2, 0.25) is 0 Å². The summed E-state index contributed by atoms with van der Waals surface area (Å²) in [6.45, 7) is 3.97. The van der Waals surface area contributed by atoms with E-state index in [0.29, 0.717) is 0 Å². The van der Waals surface area contributed by atoms with Gasteiger partial charge in [0.15, 0.2) is 0 Å². The van der Waals surface area contributed by atoms with Crippen LogP contribution in [0.15, 0.2) is 48.5 Å². The fourth-order valence-corrected chi connectivity index (χ4v) is 1.82. The van der Waals surface area contributed by atoms with Crippen LogP contribution in [0.2, 0.25) is 0 Å². The molecule has 3 aromatic rings. The Morgan fingerprint density at radius 1 is 0.938 bits per heavy atom. The maximum absolute atomic E-state index is 4.56. The Bertz CT molecular complexity index is 624. The second-order valence-electron chi connectivity index (χ2n) is 3.76. The van der Waals surface area contributed by atoms with E-state index in [0.717, 1.165) is 28.0 Å². The van der Waals surface area contributed by atoms with Crippen LogP contribution in [0.5, 0.6) is 0 Å². The summed E-state index contributed by atoms with van der Waals surface area (Å²) in [5, 5.41) is 0. The molecule has 16 heavy (non-hydrogen) atoms. The van der Waals surface area contributed by atoms with Gasteiger partial charge in [0, 0.05) is 5.56 Å². The van der Waals surface area contributed by atoms with Crippen molar-refractivity contribution in [2.75, 3.05) is 0 Å². The molecule has 0 aliphatic heterocycles. The number of aromatic amines is 1. The molecule has 0 spiro atoms. The zero-order valence-corrected chi connectivity index (χ0v) is 8.77. The van der Waals surface area contributed by atoms with Gasteiger partial charge in [-0.15, -0.1) is 0 Å². The first-order valence-electron chi connectivity index (χ1n) is 5.21. The summed E-state index contributed by atoms with van der Waals surface area (Å²) in [4.78, 5) is 7.87. The van der Waals surface area contributed by atoms with Gasteiger partial charge in [0.25, 0.3) is 0 Å². The summed E-state index contributed by atoms with van der Waals surface area (Å²) in [5.41, 5.74) is 4.03. The Morgan fingerprint density at radius 2 is 1.75 bits per heavy atom. The summed E-state index contributed by atoms with van der Waals surface area (Å²) in [6, 6.07) is 16.1. The first kappa shape index (κ1) is 9.16. The predicted octanol–water partition coefficient (Wildman–Crippen LogP) is 3.41. The first-order valence-corrected chi connectivity index (χ1v) is 5.21. The number of aromatic nitrogens is 2. The van der Waals surface area contributed by atoms with E-state index >= 15 is 0 Å². The van der Waals surface area contributed by atoms with E-state index in [1.165, 1.54) is 0 Å². The van der Waals surface area contributed by atoms with Gasteiger partial charge in [0.05, 0.1) is 11.0 Å². The summed E-state index contributed by atoms with van der Waals surface area (Å²) in [7, 11) is 0. The number of hydrogen-bond acceptors (Lipinski definition) is 1. The van der Waals surface area contributed by atoms with Gasteiger partial charge in [-0.2, -0.15) is 0 Å². The zero-order valence-electron chi connectivity index (χ0n) is 8.77. The molecule has 0 bridgehead atoms. The highest BCUT2D eigenvalue weighted by molar-refractivity contribution is 5.82. The zero-order chi connectivity index (χ0) is 11.0. The van der Waals surface area contributed by atoms with Gasteiger partial charge in [-0.05, 0) is 18.6 Å². The minimum atomic E-state index is 0.895. The van der Waals surface area contributed by atoms with E-state index in [1.807, 2.05) is 48.5 Å². The standard InChI is InChI=1S/C14H11N2/c1-10-6-5-9-12-13(10)16-14(15-12)11-7-3-2-4-8-11/h2-9H,1H2,(H,15,16). The third-order valence-corrected chi connectivity index (χ3v) is 2.64. The number of hydrogen-bond donors (Lipinski definition) is 1. The molecule has 0 amide bonds. The van der Waals surface area contributed by atoms with Crippen LogP contribution in [-0.2, 0) is 0 Å². The first-order chi connectivity index (χ1) is 7.84. The Balaban J connectivity index is 2.23. The molecular formula is C14H11N2. The van der Waals surface area contributed by atoms with E-state index in [9.17, 15) is 0 Å². The molecule has 2 aromatic carbocycles. The van der Waals surface area contributed by atoms with Crippen LogP contribution in [0.3, 0.4) is 0 Å². The van der Waals surface area contributed by atoms with Gasteiger partial charge in [-0.25, -0.2) is 4.98 Å². The summed E-state index contributed by atoms with van der Waals surface area (Å²) >= 11 is 0. The molecule has 2 heteroatoms.